The molecular weight excluding hydrogens is 347 g/mol. The fourth-order valence-electron chi connectivity index (χ4n) is 3.50. The lowest BCUT2D eigenvalue weighted by Crippen LogP contribution is -2.36. The average molecular weight is 368 g/mol. The molecule has 0 saturated heterocycles. The number of hydrogen-bond donors (Lipinski definition) is 4. The van der Waals surface area contributed by atoms with Crippen molar-refractivity contribution < 1.29 is 24.4 Å². The molecular formula is C19H21BN2O5. The Labute approximate surface area is 157 Å². The largest absolute Gasteiger partial charge is 0.535 e. The summed E-state index contributed by atoms with van der Waals surface area (Å²) in [5.41, 5.74) is 14.2. The molecule has 0 bridgehead atoms. The molecule has 2 aromatic carbocycles. The van der Waals surface area contributed by atoms with Gasteiger partial charge in [0.2, 0.25) is 0 Å². The van der Waals surface area contributed by atoms with Crippen molar-refractivity contribution in [2.45, 2.75) is 31.7 Å². The molecule has 1 aliphatic rings. The maximum absolute atomic E-state index is 12.8. The van der Waals surface area contributed by atoms with E-state index in [2.05, 4.69) is 0 Å². The van der Waals surface area contributed by atoms with Gasteiger partial charge in [-0.2, -0.15) is 0 Å². The minimum Gasteiger partial charge on any atom is -0.535 e. The van der Waals surface area contributed by atoms with Crippen molar-refractivity contribution in [1.29, 1.82) is 0 Å². The monoisotopic (exact) mass is 368 g/mol. The van der Waals surface area contributed by atoms with Crippen LogP contribution in [0.15, 0.2) is 36.4 Å². The van der Waals surface area contributed by atoms with E-state index < -0.39 is 18.9 Å². The second-order valence-electron chi connectivity index (χ2n) is 6.55. The maximum atomic E-state index is 12.8. The number of carboxylic acids is 1. The number of benzene rings is 2. The molecule has 0 aliphatic carbocycles. The van der Waals surface area contributed by atoms with Gasteiger partial charge in [0.25, 0.3) is 0 Å². The van der Waals surface area contributed by atoms with Crippen LogP contribution in [0.25, 0.3) is 0 Å². The normalized spacial score (nSPS) is 15.8. The Morgan fingerprint density at radius 3 is 2.48 bits per heavy atom. The zero-order chi connectivity index (χ0) is 19.6. The van der Waals surface area contributed by atoms with E-state index in [1.807, 2.05) is 6.07 Å². The summed E-state index contributed by atoms with van der Waals surface area (Å²) < 4.78 is 5.45. The number of fused-ring (bicyclic) bond motifs is 1. The SMILES string of the molecule is NCc1cccc(C(=O)C[C@H]2Cc3cccc(C(=O)O)c3OB2O)c1CN. The van der Waals surface area contributed by atoms with E-state index in [9.17, 15) is 19.7 Å². The van der Waals surface area contributed by atoms with Crippen molar-refractivity contribution in [3.8, 4) is 5.75 Å². The number of aromatic carboxylic acids is 1. The Hall–Kier alpha value is -2.68. The summed E-state index contributed by atoms with van der Waals surface area (Å²) in [7, 11) is -1.26. The molecule has 0 radical (unpaired) electrons. The number of carboxylic acid groups (broad SMARTS) is 1. The first kappa shape index (κ1) is 19.1. The van der Waals surface area contributed by atoms with E-state index in [-0.39, 0.29) is 36.6 Å². The molecule has 3 rings (SSSR count). The van der Waals surface area contributed by atoms with Gasteiger partial charge in [0.1, 0.15) is 5.75 Å². The standard InChI is InChI=1S/C19H21BN2O5/c21-9-12-4-2-5-14(16(12)10-22)17(23)8-13-7-11-3-1-6-15(19(24)25)18(11)27-20(13)26/h1-6,13,26H,7-10,21-22H2,(H,24,25)/t13-/m1/s1. The number of ketones is 1. The Morgan fingerprint density at radius 1 is 1.11 bits per heavy atom. The molecule has 2 aromatic rings. The van der Waals surface area contributed by atoms with Gasteiger partial charge in [0, 0.05) is 30.9 Å². The summed E-state index contributed by atoms with van der Waals surface area (Å²) in [5, 5.41) is 19.6. The molecule has 0 saturated carbocycles. The fraction of sp³-hybridized carbons (Fsp3) is 0.263. The Morgan fingerprint density at radius 2 is 1.81 bits per heavy atom. The van der Waals surface area contributed by atoms with Crippen molar-refractivity contribution >= 4 is 18.9 Å². The highest BCUT2D eigenvalue weighted by Gasteiger charge is 2.38. The van der Waals surface area contributed by atoms with Gasteiger partial charge in [-0.15, -0.1) is 0 Å². The van der Waals surface area contributed by atoms with E-state index in [1.165, 1.54) is 6.07 Å². The van der Waals surface area contributed by atoms with Crippen LogP contribution < -0.4 is 16.1 Å². The Balaban J connectivity index is 1.84. The van der Waals surface area contributed by atoms with Gasteiger partial charge in [-0.3, -0.25) is 4.79 Å². The summed E-state index contributed by atoms with van der Waals surface area (Å²) in [6.45, 7) is 0.483. The average Bonchev–Trinajstić information content (AvgIpc) is 2.67. The van der Waals surface area contributed by atoms with E-state index in [4.69, 9.17) is 16.1 Å². The second kappa shape index (κ2) is 7.91. The van der Waals surface area contributed by atoms with Crippen LogP contribution in [0.3, 0.4) is 0 Å². The predicted molar refractivity (Wildman–Crippen MR) is 101 cm³/mol. The first-order valence-corrected chi connectivity index (χ1v) is 8.70. The van der Waals surface area contributed by atoms with Crippen molar-refractivity contribution in [1.82, 2.24) is 0 Å². The number of hydrogen-bond acceptors (Lipinski definition) is 6. The molecule has 1 atom stereocenters. The molecule has 0 aromatic heterocycles. The van der Waals surface area contributed by atoms with Crippen LogP contribution in [0.4, 0.5) is 0 Å². The van der Waals surface area contributed by atoms with Crippen molar-refractivity contribution in [2.75, 3.05) is 0 Å². The molecule has 0 unspecified atom stereocenters. The zero-order valence-corrected chi connectivity index (χ0v) is 14.7. The molecule has 1 heterocycles. The van der Waals surface area contributed by atoms with E-state index in [0.29, 0.717) is 23.1 Å². The van der Waals surface area contributed by atoms with Crippen molar-refractivity contribution in [3.05, 3.63) is 64.2 Å². The molecule has 0 amide bonds. The summed E-state index contributed by atoms with van der Waals surface area (Å²) in [6, 6.07) is 10.1. The summed E-state index contributed by atoms with van der Waals surface area (Å²) in [5.74, 6) is -1.61. The van der Waals surface area contributed by atoms with Crippen LogP contribution in [0.1, 0.15) is 43.8 Å². The summed E-state index contributed by atoms with van der Waals surface area (Å²) in [6.07, 6.45) is 0.400. The van der Waals surface area contributed by atoms with E-state index in [0.717, 1.165) is 5.56 Å². The predicted octanol–water partition coefficient (Wildman–Crippen LogP) is 1.36. The molecule has 27 heavy (non-hydrogen) atoms. The highest BCUT2D eigenvalue weighted by Crippen LogP contribution is 2.37. The topological polar surface area (TPSA) is 136 Å². The molecule has 6 N–H and O–H groups in total. The molecule has 140 valence electrons. The van der Waals surface area contributed by atoms with Crippen LogP contribution >= 0.6 is 0 Å². The van der Waals surface area contributed by atoms with E-state index in [1.54, 1.807) is 24.3 Å². The number of para-hydroxylation sites is 1. The van der Waals surface area contributed by atoms with Gasteiger partial charge in [0.15, 0.2) is 5.78 Å². The zero-order valence-electron chi connectivity index (χ0n) is 14.7. The molecule has 0 spiro atoms. The highest BCUT2D eigenvalue weighted by molar-refractivity contribution is 6.47. The van der Waals surface area contributed by atoms with Gasteiger partial charge in [-0.1, -0.05) is 30.3 Å². The third-order valence-corrected chi connectivity index (χ3v) is 4.90. The molecule has 0 fully saturated rings. The number of carbonyl (C=O) groups excluding carboxylic acids is 1. The number of Topliss-reactive ketones (excluding diaryl/α,β-unsaturated/α-hetero) is 1. The lowest BCUT2D eigenvalue weighted by Gasteiger charge is -2.28. The molecule has 1 aliphatic heterocycles. The fourth-order valence-corrected chi connectivity index (χ4v) is 3.50. The van der Waals surface area contributed by atoms with Crippen LogP contribution in [-0.4, -0.2) is 29.0 Å². The first-order chi connectivity index (χ1) is 13.0. The minimum absolute atomic E-state index is 0.00242. The van der Waals surface area contributed by atoms with Gasteiger partial charge in [-0.05, 0) is 29.2 Å². The lowest BCUT2D eigenvalue weighted by molar-refractivity contribution is 0.0693. The summed E-state index contributed by atoms with van der Waals surface area (Å²) in [4.78, 5) is 24.2. The lowest BCUT2D eigenvalue weighted by atomic mass is 9.64. The van der Waals surface area contributed by atoms with Crippen molar-refractivity contribution in [3.63, 3.8) is 0 Å². The third-order valence-electron chi connectivity index (χ3n) is 4.90. The second-order valence-corrected chi connectivity index (χ2v) is 6.55. The Bertz CT molecular complexity index is 886. The van der Waals surface area contributed by atoms with Crippen LogP contribution in [0.2, 0.25) is 5.82 Å². The highest BCUT2D eigenvalue weighted by atomic mass is 16.5. The number of rotatable bonds is 6. The Kier molecular flexibility index (Phi) is 5.60. The smallest absolute Gasteiger partial charge is 0.526 e. The quantitative estimate of drug-likeness (QED) is 0.446. The summed E-state index contributed by atoms with van der Waals surface area (Å²) >= 11 is 0. The minimum atomic E-state index is -1.26. The first-order valence-electron chi connectivity index (χ1n) is 8.70. The van der Waals surface area contributed by atoms with Crippen LogP contribution in [0, 0.1) is 0 Å². The van der Waals surface area contributed by atoms with Crippen molar-refractivity contribution in [2.24, 2.45) is 11.5 Å². The van der Waals surface area contributed by atoms with Gasteiger partial charge >= 0.3 is 13.1 Å². The van der Waals surface area contributed by atoms with Crippen LogP contribution in [0.5, 0.6) is 5.75 Å². The maximum Gasteiger partial charge on any atom is 0.526 e. The van der Waals surface area contributed by atoms with Crippen LogP contribution in [-0.2, 0) is 19.5 Å². The van der Waals surface area contributed by atoms with E-state index >= 15 is 0 Å². The third kappa shape index (κ3) is 3.73. The van der Waals surface area contributed by atoms with Gasteiger partial charge < -0.3 is 26.3 Å². The molecule has 8 heteroatoms. The number of carbonyl (C=O) groups is 2. The molecule has 7 nitrogen and oxygen atoms in total. The number of nitrogens with two attached hydrogens (primary N) is 2. The van der Waals surface area contributed by atoms with Gasteiger partial charge in [-0.25, -0.2) is 4.79 Å². The van der Waals surface area contributed by atoms with Gasteiger partial charge in [0.05, 0.1) is 5.56 Å².